The van der Waals surface area contributed by atoms with Gasteiger partial charge in [0.15, 0.2) is 0 Å². The Hall–Kier alpha value is -3.47. The standard InChI is InChI=1S/C28H32N2O7S/c1-3-18-37-22-11-7-20(8-12-22)25-24(27(32)28(33)30(25)17-19-36-2)26(31)21-9-13-23(14-10-21)38(34,35)29-15-5-4-6-16-29/h3,7-14,25,31H,1,4-6,15-19H2,2H3/b26-24+/t25-/m0/s1. The highest BCUT2D eigenvalue weighted by Gasteiger charge is 2.46. The first-order valence-electron chi connectivity index (χ1n) is 12.5. The number of benzene rings is 2. The smallest absolute Gasteiger partial charge is 0.295 e. The van der Waals surface area contributed by atoms with Gasteiger partial charge in [0.25, 0.3) is 11.7 Å². The summed E-state index contributed by atoms with van der Waals surface area (Å²) in [5, 5.41) is 11.2. The van der Waals surface area contributed by atoms with E-state index in [0.717, 1.165) is 19.3 Å². The van der Waals surface area contributed by atoms with Crippen LogP contribution >= 0.6 is 0 Å². The second-order valence-corrected chi connectivity index (χ2v) is 11.1. The van der Waals surface area contributed by atoms with E-state index in [1.54, 1.807) is 30.3 Å². The van der Waals surface area contributed by atoms with E-state index in [-0.39, 0.29) is 34.9 Å². The minimum absolute atomic E-state index is 0.0718. The number of aliphatic hydroxyl groups is 1. The summed E-state index contributed by atoms with van der Waals surface area (Å²) in [6.45, 7) is 5.25. The normalized spacial score (nSPS) is 20.0. The molecule has 202 valence electrons. The zero-order chi connectivity index (χ0) is 27.3. The summed E-state index contributed by atoms with van der Waals surface area (Å²) >= 11 is 0. The molecule has 1 N–H and O–H groups in total. The number of rotatable bonds is 10. The molecule has 1 amide bonds. The topological polar surface area (TPSA) is 113 Å². The van der Waals surface area contributed by atoms with E-state index in [9.17, 15) is 23.1 Å². The average molecular weight is 541 g/mol. The Morgan fingerprint density at radius 1 is 1.05 bits per heavy atom. The van der Waals surface area contributed by atoms with Crippen LogP contribution in [0.3, 0.4) is 0 Å². The molecule has 2 aromatic rings. The Labute approximate surface area is 223 Å². The van der Waals surface area contributed by atoms with Crippen LogP contribution in [0.2, 0.25) is 0 Å². The second kappa shape index (κ2) is 11.9. The number of Topliss-reactive ketones (excluding diaryl/α,β-unsaturated/α-hetero) is 1. The Bertz CT molecular complexity index is 1310. The number of likely N-dealkylation sites (tertiary alicyclic amines) is 1. The minimum atomic E-state index is -3.65. The lowest BCUT2D eigenvalue weighted by Gasteiger charge is -2.26. The van der Waals surface area contributed by atoms with Crippen molar-refractivity contribution >= 4 is 27.5 Å². The van der Waals surface area contributed by atoms with Crippen LogP contribution < -0.4 is 4.74 Å². The van der Waals surface area contributed by atoms with Crippen molar-refractivity contribution in [2.75, 3.05) is 40.0 Å². The summed E-state index contributed by atoms with van der Waals surface area (Å²) in [4.78, 5) is 27.6. The molecule has 0 radical (unpaired) electrons. The molecule has 9 nitrogen and oxygen atoms in total. The zero-order valence-electron chi connectivity index (χ0n) is 21.3. The minimum Gasteiger partial charge on any atom is -0.507 e. The molecule has 0 aliphatic carbocycles. The first kappa shape index (κ1) is 27.6. The largest absolute Gasteiger partial charge is 0.507 e. The summed E-state index contributed by atoms with van der Waals surface area (Å²) in [5.74, 6) is -1.35. The number of carbonyl (C=O) groups excluding carboxylic acids is 2. The van der Waals surface area contributed by atoms with Gasteiger partial charge in [0, 0.05) is 32.3 Å². The second-order valence-electron chi connectivity index (χ2n) is 9.14. The average Bonchev–Trinajstić information content (AvgIpc) is 3.20. The molecule has 2 aromatic carbocycles. The lowest BCUT2D eigenvalue weighted by Crippen LogP contribution is -2.35. The van der Waals surface area contributed by atoms with Gasteiger partial charge in [0.05, 0.1) is 23.1 Å². The van der Waals surface area contributed by atoms with Crippen molar-refractivity contribution in [3.05, 3.63) is 77.9 Å². The van der Waals surface area contributed by atoms with Crippen molar-refractivity contribution in [2.24, 2.45) is 0 Å². The highest BCUT2D eigenvalue weighted by atomic mass is 32.2. The third kappa shape index (κ3) is 5.52. The predicted octanol–water partition coefficient (Wildman–Crippen LogP) is 3.49. The summed E-state index contributed by atoms with van der Waals surface area (Å²) in [7, 11) is -2.16. The number of hydrogen-bond acceptors (Lipinski definition) is 7. The van der Waals surface area contributed by atoms with E-state index >= 15 is 0 Å². The van der Waals surface area contributed by atoms with Crippen LogP contribution in [0, 0.1) is 0 Å². The molecular formula is C28H32N2O7S. The molecule has 4 rings (SSSR count). The molecular weight excluding hydrogens is 508 g/mol. The first-order valence-corrected chi connectivity index (χ1v) is 13.9. The number of amides is 1. The summed E-state index contributed by atoms with van der Waals surface area (Å²) < 4.78 is 38.2. The van der Waals surface area contributed by atoms with E-state index < -0.39 is 27.8 Å². The van der Waals surface area contributed by atoms with Gasteiger partial charge in [-0.1, -0.05) is 31.2 Å². The lowest BCUT2D eigenvalue weighted by molar-refractivity contribution is -0.140. The summed E-state index contributed by atoms with van der Waals surface area (Å²) in [6.07, 6.45) is 4.27. The van der Waals surface area contributed by atoms with E-state index in [1.807, 2.05) is 0 Å². The van der Waals surface area contributed by atoms with Gasteiger partial charge < -0.3 is 19.5 Å². The molecule has 2 heterocycles. The van der Waals surface area contributed by atoms with Crippen LogP contribution in [-0.2, 0) is 24.3 Å². The third-order valence-electron chi connectivity index (χ3n) is 6.72. The maximum absolute atomic E-state index is 13.1. The van der Waals surface area contributed by atoms with Crippen molar-refractivity contribution in [1.82, 2.24) is 9.21 Å². The van der Waals surface area contributed by atoms with E-state index in [2.05, 4.69) is 6.58 Å². The van der Waals surface area contributed by atoms with Crippen molar-refractivity contribution in [2.45, 2.75) is 30.2 Å². The Morgan fingerprint density at radius 3 is 2.32 bits per heavy atom. The molecule has 10 heteroatoms. The fraction of sp³-hybridized carbons (Fsp3) is 0.357. The number of piperidine rings is 1. The maximum atomic E-state index is 13.1. The number of carbonyl (C=O) groups is 2. The zero-order valence-corrected chi connectivity index (χ0v) is 22.2. The SMILES string of the molecule is C=CCOc1ccc([C@H]2/C(=C(\O)c3ccc(S(=O)(=O)N4CCCCC4)cc3)C(=O)C(=O)N2CCOC)cc1. The molecule has 0 spiro atoms. The van der Waals surface area contributed by atoms with E-state index in [0.29, 0.717) is 31.0 Å². The predicted molar refractivity (Wildman–Crippen MR) is 142 cm³/mol. The van der Waals surface area contributed by atoms with Gasteiger partial charge in [-0.25, -0.2) is 8.42 Å². The Kier molecular flexibility index (Phi) is 8.65. The third-order valence-corrected chi connectivity index (χ3v) is 8.63. The Morgan fingerprint density at radius 2 is 1.71 bits per heavy atom. The van der Waals surface area contributed by atoms with Crippen LogP contribution in [0.5, 0.6) is 5.75 Å². The quantitative estimate of drug-likeness (QED) is 0.212. The number of ketones is 1. The van der Waals surface area contributed by atoms with Crippen LogP contribution in [0.15, 0.2) is 71.7 Å². The lowest BCUT2D eigenvalue weighted by atomic mass is 9.95. The number of methoxy groups -OCH3 is 1. The number of aliphatic hydroxyl groups excluding tert-OH is 1. The van der Waals surface area contributed by atoms with E-state index in [1.165, 1.54) is 40.6 Å². The van der Waals surface area contributed by atoms with Gasteiger partial charge in [-0.15, -0.1) is 0 Å². The van der Waals surface area contributed by atoms with Crippen LogP contribution in [0.4, 0.5) is 0 Å². The van der Waals surface area contributed by atoms with Crippen LogP contribution in [0.25, 0.3) is 5.76 Å². The van der Waals surface area contributed by atoms with Gasteiger partial charge in [0.1, 0.15) is 18.1 Å². The molecule has 2 fully saturated rings. The first-order chi connectivity index (χ1) is 18.3. The molecule has 38 heavy (non-hydrogen) atoms. The molecule has 0 unspecified atom stereocenters. The fourth-order valence-electron chi connectivity index (χ4n) is 4.74. The van der Waals surface area contributed by atoms with Gasteiger partial charge in [-0.2, -0.15) is 4.31 Å². The van der Waals surface area contributed by atoms with Crippen LogP contribution in [0.1, 0.15) is 36.4 Å². The molecule has 1 atom stereocenters. The molecule has 2 saturated heterocycles. The number of hydrogen-bond donors (Lipinski definition) is 1. The highest BCUT2D eigenvalue weighted by Crippen LogP contribution is 2.39. The van der Waals surface area contributed by atoms with Gasteiger partial charge in [-0.3, -0.25) is 9.59 Å². The number of nitrogens with zero attached hydrogens (tertiary/aromatic N) is 2. The molecule has 2 aliphatic heterocycles. The molecule has 0 bridgehead atoms. The van der Waals surface area contributed by atoms with Crippen molar-refractivity contribution < 1.29 is 32.6 Å². The summed E-state index contributed by atoms with van der Waals surface area (Å²) in [5.41, 5.74) is 0.776. The summed E-state index contributed by atoms with van der Waals surface area (Å²) in [6, 6.07) is 11.8. The molecule has 0 aromatic heterocycles. The van der Waals surface area contributed by atoms with E-state index in [4.69, 9.17) is 9.47 Å². The van der Waals surface area contributed by atoms with Crippen molar-refractivity contribution in [1.29, 1.82) is 0 Å². The van der Waals surface area contributed by atoms with Gasteiger partial charge in [-0.05, 0) is 54.8 Å². The van der Waals surface area contributed by atoms with Crippen molar-refractivity contribution in [3.8, 4) is 5.75 Å². The maximum Gasteiger partial charge on any atom is 0.295 e. The Balaban J connectivity index is 1.71. The molecule has 0 saturated carbocycles. The molecule has 2 aliphatic rings. The highest BCUT2D eigenvalue weighted by molar-refractivity contribution is 7.89. The number of ether oxygens (including phenoxy) is 2. The van der Waals surface area contributed by atoms with Crippen LogP contribution in [-0.4, -0.2) is 74.4 Å². The van der Waals surface area contributed by atoms with Gasteiger partial charge >= 0.3 is 0 Å². The fourth-order valence-corrected chi connectivity index (χ4v) is 6.26. The van der Waals surface area contributed by atoms with Gasteiger partial charge in [0.2, 0.25) is 10.0 Å². The monoisotopic (exact) mass is 540 g/mol. The number of sulfonamides is 1. The van der Waals surface area contributed by atoms with Crippen molar-refractivity contribution in [3.63, 3.8) is 0 Å².